The second kappa shape index (κ2) is 6.72. The Morgan fingerprint density at radius 1 is 1.23 bits per heavy atom. The molecule has 1 heterocycles. The van der Waals surface area contributed by atoms with Gasteiger partial charge in [0.1, 0.15) is 5.75 Å². The van der Waals surface area contributed by atoms with E-state index in [9.17, 15) is 9.59 Å². The van der Waals surface area contributed by atoms with Crippen LogP contribution in [0.25, 0.3) is 0 Å². The van der Waals surface area contributed by atoms with Gasteiger partial charge in [0.15, 0.2) is 12.4 Å². The maximum Gasteiger partial charge on any atom is 0.260 e. The van der Waals surface area contributed by atoms with E-state index in [0.717, 1.165) is 25.8 Å². The Labute approximate surface area is 164 Å². The summed E-state index contributed by atoms with van der Waals surface area (Å²) in [7, 11) is 0. The van der Waals surface area contributed by atoms with Crippen molar-refractivity contribution in [1.29, 1.82) is 0 Å². The van der Waals surface area contributed by atoms with Gasteiger partial charge in [-0.2, -0.15) is 0 Å². The predicted molar refractivity (Wildman–Crippen MR) is 103 cm³/mol. The van der Waals surface area contributed by atoms with Crippen LogP contribution in [0.4, 0.5) is 0 Å². The van der Waals surface area contributed by atoms with E-state index < -0.39 is 0 Å². The predicted octanol–water partition coefficient (Wildman–Crippen LogP) is 5.00. The van der Waals surface area contributed by atoms with Crippen LogP contribution in [0.5, 0.6) is 5.75 Å². The molecule has 1 saturated heterocycles. The molecule has 1 aromatic carbocycles. The number of carbonyl (C=O) groups excluding carboxylic acids is 2. The lowest BCUT2D eigenvalue weighted by atomic mass is 9.65. The normalized spacial score (nSPS) is 26.7. The van der Waals surface area contributed by atoms with Crippen molar-refractivity contribution >= 4 is 34.9 Å². The van der Waals surface area contributed by atoms with Crippen molar-refractivity contribution in [2.75, 3.05) is 13.2 Å². The van der Waals surface area contributed by atoms with Gasteiger partial charge in [0.25, 0.3) is 5.91 Å². The number of rotatable bonds is 4. The molecule has 1 amide bonds. The van der Waals surface area contributed by atoms with Gasteiger partial charge in [-0.25, -0.2) is 0 Å². The molecular weight excluding hydrogens is 373 g/mol. The molecule has 2 bridgehead atoms. The lowest BCUT2D eigenvalue weighted by Gasteiger charge is -2.39. The minimum atomic E-state index is -0.205. The number of ketones is 1. The van der Waals surface area contributed by atoms with E-state index in [1.54, 1.807) is 0 Å². The number of likely N-dealkylation sites (tertiary alicyclic amines) is 1. The number of hydrogen-bond donors (Lipinski definition) is 0. The third-order valence-corrected chi connectivity index (χ3v) is 5.96. The van der Waals surface area contributed by atoms with Gasteiger partial charge < -0.3 is 9.64 Å². The van der Waals surface area contributed by atoms with Gasteiger partial charge in [0, 0.05) is 17.6 Å². The highest BCUT2D eigenvalue weighted by Gasteiger charge is 2.50. The van der Waals surface area contributed by atoms with Gasteiger partial charge >= 0.3 is 0 Å². The fraction of sp³-hybridized carbons (Fsp3) is 0.600. The Kier molecular flexibility index (Phi) is 5.04. The quantitative estimate of drug-likeness (QED) is 0.671. The second-order valence-corrected chi connectivity index (χ2v) is 9.69. The van der Waals surface area contributed by atoms with Crippen LogP contribution in [-0.2, 0) is 4.79 Å². The fourth-order valence-corrected chi connectivity index (χ4v) is 5.48. The van der Waals surface area contributed by atoms with E-state index in [-0.39, 0.29) is 45.9 Å². The minimum Gasteiger partial charge on any atom is -0.481 e. The molecule has 1 aromatic rings. The lowest BCUT2D eigenvalue weighted by molar-refractivity contribution is -0.134. The first-order chi connectivity index (χ1) is 12.0. The van der Waals surface area contributed by atoms with Gasteiger partial charge in [0.05, 0.1) is 10.6 Å². The number of amides is 1. The molecule has 6 heteroatoms. The highest BCUT2D eigenvalue weighted by molar-refractivity contribution is 6.36. The Balaban J connectivity index is 1.74. The summed E-state index contributed by atoms with van der Waals surface area (Å²) in [5.41, 5.74) is 0.711. The van der Waals surface area contributed by atoms with Gasteiger partial charge in [-0.3, -0.25) is 9.59 Å². The van der Waals surface area contributed by atoms with Gasteiger partial charge in [0.2, 0.25) is 0 Å². The van der Waals surface area contributed by atoms with E-state index in [4.69, 9.17) is 27.9 Å². The number of carbonyl (C=O) groups is 2. The summed E-state index contributed by atoms with van der Waals surface area (Å²) in [6, 6.07) is 3.29. The Morgan fingerprint density at radius 2 is 1.92 bits per heavy atom. The zero-order chi connectivity index (χ0) is 19.3. The summed E-state index contributed by atoms with van der Waals surface area (Å²) in [6.07, 6.45) is 3.18. The molecule has 0 N–H and O–H groups in total. The summed E-state index contributed by atoms with van der Waals surface area (Å²) in [4.78, 5) is 26.6. The fourth-order valence-electron chi connectivity index (χ4n) is 4.94. The van der Waals surface area contributed by atoms with Gasteiger partial charge in [-0.05, 0) is 49.1 Å². The first kappa shape index (κ1) is 19.5. The molecule has 4 nitrogen and oxygen atoms in total. The smallest absolute Gasteiger partial charge is 0.260 e. The molecule has 0 spiro atoms. The molecule has 2 atom stereocenters. The maximum absolute atomic E-state index is 12.8. The van der Waals surface area contributed by atoms with E-state index in [1.165, 1.54) is 19.1 Å². The first-order valence-corrected chi connectivity index (χ1v) is 9.68. The molecular formula is C20H25Cl2NO3. The summed E-state index contributed by atoms with van der Waals surface area (Å²) in [5, 5.41) is 0.603. The molecule has 26 heavy (non-hydrogen) atoms. The molecule has 142 valence electrons. The number of nitrogens with zero attached hydrogens (tertiary/aromatic N) is 1. The van der Waals surface area contributed by atoms with Crippen LogP contribution in [0.3, 0.4) is 0 Å². The van der Waals surface area contributed by atoms with Gasteiger partial charge in [-0.15, -0.1) is 0 Å². The Morgan fingerprint density at radius 3 is 2.58 bits per heavy atom. The molecule has 2 unspecified atom stereocenters. The topological polar surface area (TPSA) is 46.6 Å². The first-order valence-electron chi connectivity index (χ1n) is 8.92. The Hall–Kier alpha value is -1.26. The molecule has 0 aromatic heterocycles. The average Bonchev–Trinajstić information content (AvgIpc) is 2.74. The number of hydrogen-bond acceptors (Lipinski definition) is 3. The molecule has 2 fully saturated rings. The van der Waals surface area contributed by atoms with Crippen molar-refractivity contribution < 1.29 is 14.3 Å². The molecule has 0 radical (unpaired) electrons. The van der Waals surface area contributed by atoms with Crippen LogP contribution < -0.4 is 4.74 Å². The summed E-state index contributed by atoms with van der Waals surface area (Å²) < 4.78 is 5.69. The second-order valence-electron chi connectivity index (χ2n) is 8.84. The minimum absolute atomic E-state index is 0.0584. The number of fused-ring (bicyclic) bond motifs is 2. The standard InChI is InChI=1S/C20H25Cl2NO3/c1-12(24)15-5-13(21)6-16(22)18(15)26-9-17(25)23-11-20(4)8-14(23)7-19(2,3)10-20/h5-6,14H,7-11H2,1-4H3. The van der Waals surface area contributed by atoms with Crippen LogP contribution in [-0.4, -0.2) is 35.8 Å². The zero-order valence-corrected chi connectivity index (χ0v) is 17.2. The number of halogens is 2. The largest absolute Gasteiger partial charge is 0.481 e. The number of Topliss-reactive ketones (excluding diaryl/α,β-unsaturated/α-hetero) is 1. The van der Waals surface area contributed by atoms with Crippen LogP contribution >= 0.6 is 23.2 Å². The third kappa shape index (κ3) is 3.86. The molecule has 1 saturated carbocycles. The monoisotopic (exact) mass is 397 g/mol. The average molecular weight is 398 g/mol. The molecule has 2 aliphatic rings. The van der Waals surface area contributed by atoms with Crippen molar-refractivity contribution in [2.24, 2.45) is 10.8 Å². The summed E-state index contributed by atoms with van der Waals surface area (Å²) in [5.74, 6) is -0.0364. The van der Waals surface area contributed by atoms with Crippen LogP contribution in [0, 0.1) is 10.8 Å². The van der Waals surface area contributed by atoms with Crippen molar-refractivity contribution in [3.63, 3.8) is 0 Å². The van der Waals surface area contributed by atoms with Gasteiger partial charge in [-0.1, -0.05) is 44.0 Å². The van der Waals surface area contributed by atoms with Crippen LogP contribution in [0.15, 0.2) is 12.1 Å². The summed E-state index contributed by atoms with van der Waals surface area (Å²) >= 11 is 12.2. The van der Waals surface area contributed by atoms with Crippen LogP contribution in [0.1, 0.15) is 57.3 Å². The molecule has 3 rings (SSSR count). The highest BCUT2D eigenvalue weighted by Crippen LogP contribution is 2.52. The summed E-state index contributed by atoms with van der Waals surface area (Å²) in [6.45, 7) is 8.86. The molecule has 1 aliphatic heterocycles. The van der Waals surface area contributed by atoms with E-state index >= 15 is 0 Å². The van der Waals surface area contributed by atoms with Crippen molar-refractivity contribution in [3.8, 4) is 5.75 Å². The lowest BCUT2D eigenvalue weighted by Crippen LogP contribution is -2.40. The number of ether oxygens (including phenoxy) is 1. The van der Waals surface area contributed by atoms with E-state index in [0.29, 0.717) is 10.6 Å². The maximum atomic E-state index is 12.8. The van der Waals surface area contributed by atoms with Crippen LogP contribution in [0.2, 0.25) is 10.0 Å². The highest BCUT2D eigenvalue weighted by atomic mass is 35.5. The third-order valence-electron chi connectivity index (χ3n) is 5.46. The number of benzene rings is 1. The van der Waals surface area contributed by atoms with E-state index in [1.807, 2.05) is 4.90 Å². The SMILES string of the molecule is CC(=O)c1cc(Cl)cc(Cl)c1OCC(=O)N1CC2(C)CC1CC(C)(C)C2. The Bertz CT molecular complexity index is 762. The van der Waals surface area contributed by atoms with Crippen molar-refractivity contribution in [3.05, 3.63) is 27.7 Å². The van der Waals surface area contributed by atoms with E-state index in [2.05, 4.69) is 20.8 Å². The zero-order valence-electron chi connectivity index (χ0n) is 15.7. The van der Waals surface area contributed by atoms with Crippen molar-refractivity contribution in [2.45, 2.75) is 53.0 Å². The van der Waals surface area contributed by atoms with Crippen molar-refractivity contribution in [1.82, 2.24) is 4.90 Å². The molecule has 1 aliphatic carbocycles.